The van der Waals surface area contributed by atoms with E-state index < -0.39 is 5.03 Å². The van der Waals surface area contributed by atoms with Crippen LogP contribution < -0.4 is 0 Å². The van der Waals surface area contributed by atoms with Gasteiger partial charge in [-0.2, -0.15) is 4.99 Å². The topological polar surface area (TPSA) is 80.3 Å². The minimum Gasteiger partial charge on any atom is -0.305 e. The predicted molar refractivity (Wildman–Crippen MR) is 38.8 cm³/mol. The SMILES string of the molecule is O=[N+]([O-])N1CC=C2N=CN=C2O1. The Bertz CT molecular complexity index is 319. The van der Waals surface area contributed by atoms with Crippen molar-refractivity contribution in [2.75, 3.05) is 6.54 Å². The van der Waals surface area contributed by atoms with Gasteiger partial charge in [-0.05, 0) is 6.08 Å². The molecular formula is C5H4N4O3. The first-order valence-electron chi connectivity index (χ1n) is 3.18. The van der Waals surface area contributed by atoms with Crippen LogP contribution in [-0.4, -0.2) is 29.0 Å². The Hall–Kier alpha value is -1.92. The summed E-state index contributed by atoms with van der Waals surface area (Å²) >= 11 is 0. The number of fused-ring (bicyclic) bond motifs is 1. The van der Waals surface area contributed by atoms with Crippen molar-refractivity contribution in [3.63, 3.8) is 0 Å². The van der Waals surface area contributed by atoms with Crippen molar-refractivity contribution in [1.29, 1.82) is 0 Å². The fourth-order valence-corrected chi connectivity index (χ4v) is 0.877. The quantitative estimate of drug-likeness (QED) is 0.399. The zero-order valence-electron chi connectivity index (χ0n) is 5.88. The monoisotopic (exact) mass is 168 g/mol. The van der Waals surface area contributed by atoms with Crippen molar-refractivity contribution in [3.05, 3.63) is 21.9 Å². The molecule has 7 heteroatoms. The van der Waals surface area contributed by atoms with Gasteiger partial charge in [-0.1, -0.05) is 0 Å². The maximum Gasteiger partial charge on any atom is 0.279 e. The molecule has 12 heavy (non-hydrogen) atoms. The molecule has 0 unspecified atom stereocenters. The van der Waals surface area contributed by atoms with Gasteiger partial charge in [0, 0.05) is 0 Å². The summed E-state index contributed by atoms with van der Waals surface area (Å²) in [6.45, 7) is 0.0820. The number of nitrogens with zero attached hydrogens (tertiary/aromatic N) is 4. The van der Waals surface area contributed by atoms with Crippen LogP contribution in [0.4, 0.5) is 0 Å². The molecule has 2 rings (SSSR count). The molecule has 0 atom stereocenters. The predicted octanol–water partition coefficient (Wildman–Crippen LogP) is -0.250. The average molecular weight is 168 g/mol. The fraction of sp³-hybridized carbons (Fsp3) is 0.200. The molecule has 0 N–H and O–H groups in total. The van der Waals surface area contributed by atoms with E-state index in [0.717, 1.165) is 0 Å². The fourth-order valence-electron chi connectivity index (χ4n) is 0.877. The number of aliphatic imine (C=N–C) groups is 2. The number of hydrazine groups is 1. The van der Waals surface area contributed by atoms with E-state index in [-0.39, 0.29) is 12.4 Å². The Balaban J connectivity index is 2.21. The van der Waals surface area contributed by atoms with E-state index in [2.05, 4.69) is 9.98 Å². The third-order valence-electron chi connectivity index (χ3n) is 1.41. The van der Waals surface area contributed by atoms with Gasteiger partial charge in [0.2, 0.25) is 0 Å². The minimum absolute atomic E-state index is 0.0820. The minimum atomic E-state index is -0.645. The van der Waals surface area contributed by atoms with E-state index in [1.165, 1.54) is 6.34 Å². The molecule has 2 aliphatic rings. The Kier molecular flexibility index (Phi) is 1.29. The van der Waals surface area contributed by atoms with Crippen molar-refractivity contribution in [2.24, 2.45) is 9.98 Å². The van der Waals surface area contributed by atoms with Crippen molar-refractivity contribution in [2.45, 2.75) is 0 Å². The molecule has 0 amide bonds. The van der Waals surface area contributed by atoms with E-state index in [4.69, 9.17) is 4.84 Å². The maximum absolute atomic E-state index is 10.2. The largest absolute Gasteiger partial charge is 0.305 e. The summed E-state index contributed by atoms with van der Waals surface area (Å²) in [6, 6.07) is 0. The normalized spacial score (nSPS) is 19.5. The third kappa shape index (κ3) is 0.911. The van der Waals surface area contributed by atoms with Crippen molar-refractivity contribution in [1.82, 2.24) is 5.17 Å². The van der Waals surface area contributed by atoms with Crippen LogP contribution in [0.1, 0.15) is 0 Å². The molecule has 0 spiro atoms. The molecule has 0 bridgehead atoms. The molecule has 7 nitrogen and oxygen atoms in total. The second kappa shape index (κ2) is 2.29. The summed E-state index contributed by atoms with van der Waals surface area (Å²) in [6.07, 6.45) is 2.87. The first-order valence-corrected chi connectivity index (χ1v) is 3.18. The van der Waals surface area contributed by atoms with Gasteiger partial charge < -0.3 is 4.84 Å². The number of hydrogen-bond acceptors (Lipinski definition) is 5. The number of nitro groups is 1. The molecule has 2 heterocycles. The number of hydroxylamine groups is 1. The lowest BCUT2D eigenvalue weighted by molar-refractivity contribution is -0.720. The average Bonchev–Trinajstić information content (AvgIpc) is 2.49. The molecule has 0 saturated heterocycles. The van der Waals surface area contributed by atoms with Crippen molar-refractivity contribution >= 4 is 12.2 Å². The van der Waals surface area contributed by atoms with Gasteiger partial charge in [0.15, 0.2) is 5.03 Å². The Labute approximate surface area is 66.7 Å². The van der Waals surface area contributed by atoms with Crippen LogP contribution in [0.25, 0.3) is 0 Å². The van der Waals surface area contributed by atoms with Gasteiger partial charge >= 0.3 is 0 Å². The molecule has 0 aromatic heterocycles. The third-order valence-corrected chi connectivity index (χ3v) is 1.41. The van der Waals surface area contributed by atoms with E-state index in [0.29, 0.717) is 10.9 Å². The molecule has 0 saturated carbocycles. The summed E-state index contributed by atoms with van der Waals surface area (Å²) in [7, 11) is 0. The Morgan fingerprint density at radius 1 is 1.75 bits per heavy atom. The van der Waals surface area contributed by atoms with E-state index in [9.17, 15) is 10.1 Å². The first-order chi connectivity index (χ1) is 5.77. The smallest absolute Gasteiger partial charge is 0.279 e. The molecule has 0 radical (unpaired) electrons. The second-order valence-electron chi connectivity index (χ2n) is 2.13. The molecule has 0 aromatic rings. The standard InChI is InChI=1S/C5H4N4O3/c10-9(11)8-2-1-4-5(12-8)7-3-6-4/h1,3H,2H2. The van der Waals surface area contributed by atoms with Crippen LogP contribution >= 0.6 is 0 Å². The van der Waals surface area contributed by atoms with Crippen molar-refractivity contribution < 1.29 is 9.87 Å². The van der Waals surface area contributed by atoms with Crippen LogP contribution in [0.15, 0.2) is 21.8 Å². The van der Waals surface area contributed by atoms with Gasteiger partial charge in [-0.3, -0.25) is 0 Å². The first kappa shape index (κ1) is 6.77. The van der Waals surface area contributed by atoms with E-state index in [1.54, 1.807) is 6.08 Å². The Morgan fingerprint density at radius 2 is 2.58 bits per heavy atom. The highest BCUT2D eigenvalue weighted by molar-refractivity contribution is 6.02. The molecule has 0 aromatic carbocycles. The van der Waals surface area contributed by atoms with Crippen LogP contribution in [0.3, 0.4) is 0 Å². The summed E-state index contributed by atoms with van der Waals surface area (Å²) in [5, 5.41) is 10.2. The molecule has 2 aliphatic heterocycles. The lowest BCUT2D eigenvalue weighted by Crippen LogP contribution is -2.36. The number of rotatable bonds is 1. The van der Waals surface area contributed by atoms with Gasteiger partial charge in [-0.15, -0.1) is 0 Å². The summed E-state index contributed by atoms with van der Waals surface area (Å²) in [5.74, 6) is 0.179. The van der Waals surface area contributed by atoms with Crippen LogP contribution in [0.2, 0.25) is 0 Å². The summed E-state index contributed by atoms with van der Waals surface area (Å²) in [5.41, 5.74) is 0.549. The van der Waals surface area contributed by atoms with Gasteiger partial charge in [0.25, 0.3) is 5.90 Å². The zero-order valence-corrected chi connectivity index (χ0v) is 5.88. The lowest BCUT2D eigenvalue weighted by atomic mass is 10.4. The molecular weight excluding hydrogens is 164 g/mol. The highest BCUT2D eigenvalue weighted by Gasteiger charge is 2.27. The Morgan fingerprint density at radius 3 is 3.33 bits per heavy atom. The maximum atomic E-state index is 10.2. The summed E-state index contributed by atoms with van der Waals surface area (Å²) in [4.78, 5) is 22.5. The van der Waals surface area contributed by atoms with Crippen LogP contribution in [-0.2, 0) is 4.84 Å². The molecule has 0 fully saturated rings. The van der Waals surface area contributed by atoms with Crippen molar-refractivity contribution in [3.8, 4) is 0 Å². The van der Waals surface area contributed by atoms with Crippen LogP contribution in [0.5, 0.6) is 0 Å². The van der Waals surface area contributed by atoms with Crippen LogP contribution in [0, 0.1) is 10.1 Å². The lowest BCUT2D eigenvalue weighted by Gasteiger charge is -2.15. The highest BCUT2D eigenvalue weighted by atomic mass is 16.8. The van der Waals surface area contributed by atoms with Gasteiger partial charge in [-0.25, -0.2) is 15.1 Å². The second-order valence-corrected chi connectivity index (χ2v) is 2.13. The van der Waals surface area contributed by atoms with E-state index >= 15 is 0 Å². The highest BCUT2D eigenvalue weighted by Crippen LogP contribution is 2.14. The van der Waals surface area contributed by atoms with E-state index in [1.807, 2.05) is 0 Å². The number of hydrogen-bond donors (Lipinski definition) is 0. The summed E-state index contributed by atoms with van der Waals surface area (Å²) < 4.78 is 0. The molecule has 0 aliphatic carbocycles. The van der Waals surface area contributed by atoms with Gasteiger partial charge in [0.1, 0.15) is 18.6 Å². The zero-order chi connectivity index (χ0) is 8.55. The molecule has 62 valence electrons. The van der Waals surface area contributed by atoms with Gasteiger partial charge in [0.05, 0.1) is 5.17 Å².